The monoisotopic (exact) mass is 342 g/mol. The lowest BCUT2D eigenvalue weighted by Crippen LogP contribution is -2.42. The maximum Gasteiger partial charge on any atom is 0.325 e. The van der Waals surface area contributed by atoms with Crippen LogP contribution >= 0.6 is 12.4 Å². The van der Waals surface area contributed by atoms with E-state index in [9.17, 15) is 23.2 Å². The molecule has 1 aliphatic rings. The Hall–Kier alpha value is -1.48. The number of urea groups is 1. The molecule has 4 N–H and O–H groups in total. The maximum absolute atomic E-state index is 12.8. The Morgan fingerprint density at radius 1 is 1.41 bits per heavy atom. The molecule has 0 radical (unpaired) electrons. The predicted octanol–water partition coefficient (Wildman–Crippen LogP) is 0.229. The number of hydrogen-bond donors (Lipinski definition) is 3. The first-order valence-electron chi connectivity index (χ1n) is 6.58. The highest BCUT2D eigenvalue weighted by molar-refractivity contribution is 6.06. The Morgan fingerprint density at radius 2 is 2.00 bits per heavy atom. The Bertz CT molecular complexity index is 446. The number of rotatable bonds is 7. The van der Waals surface area contributed by atoms with Crippen molar-refractivity contribution in [1.82, 2.24) is 15.5 Å². The molecule has 0 unspecified atom stereocenters. The quantitative estimate of drug-likeness (QED) is 0.576. The van der Waals surface area contributed by atoms with E-state index in [2.05, 4.69) is 10.6 Å². The third kappa shape index (κ3) is 5.38. The highest BCUT2D eigenvalue weighted by Crippen LogP contribution is 2.17. The molecule has 10 heteroatoms. The Kier molecular flexibility index (Phi) is 7.17. The molecule has 1 rings (SSSR count). The molecule has 0 spiro atoms. The lowest BCUT2D eigenvalue weighted by Gasteiger charge is -2.16. The first-order valence-corrected chi connectivity index (χ1v) is 6.58. The van der Waals surface area contributed by atoms with Gasteiger partial charge in [0.2, 0.25) is 5.91 Å². The van der Waals surface area contributed by atoms with Gasteiger partial charge in [-0.15, -0.1) is 12.4 Å². The molecule has 0 aromatic rings. The molecule has 1 aliphatic heterocycles. The van der Waals surface area contributed by atoms with Gasteiger partial charge in [0.25, 0.3) is 11.8 Å². The summed E-state index contributed by atoms with van der Waals surface area (Å²) in [6.45, 7) is 1.56. The van der Waals surface area contributed by atoms with E-state index in [-0.39, 0.29) is 37.7 Å². The normalized spacial score (nSPS) is 17.0. The fourth-order valence-electron chi connectivity index (χ4n) is 1.81. The van der Waals surface area contributed by atoms with Crippen LogP contribution in [0.25, 0.3) is 0 Å². The third-order valence-electron chi connectivity index (χ3n) is 3.07. The maximum atomic E-state index is 12.8. The molecule has 1 saturated heterocycles. The van der Waals surface area contributed by atoms with Crippen molar-refractivity contribution in [3.05, 3.63) is 0 Å². The van der Waals surface area contributed by atoms with Gasteiger partial charge >= 0.3 is 6.03 Å². The molecule has 1 heterocycles. The largest absolute Gasteiger partial charge is 0.350 e. The Morgan fingerprint density at radius 3 is 2.45 bits per heavy atom. The molecule has 0 aliphatic carbocycles. The van der Waals surface area contributed by atoms with Crippen LogP contribution in [0.1, 0.15) is 26.7 Å². The molecular weight excluding hydrogens is 322 g/mol. The summed E-state index contributed by atoms with van der Waals surface area (Å²) >= 11 is 0. The number of halogens is 3. The minimum Gasteiger partial charge on any atom is -0.350 e. The standard InChI is InChI=1S/C12H20F2N4O3.ClH/c1-11(2)9(20)18(10(21)17-11)5-3-4-8(19)16-7-12(13,14)6-15;/h3-7,15H2,1-2H3,(H,16,19)(H,17,21);1H. The topological polar surface area (TPSA) is 105 Å². The van der Waals surface area contributed by atoms with Crippen molar-refractivity contribution in [2.24, 2.45) is 5.73 Å². The summed E-state index contributed by atoms with van der Waals surface area (Å²) in [4.78, 5) is 35.8. The van der Waals surface area contributed by atoms with Gasteiger partial charge in [-0.05, 0) is 20.3 Å². The smallest absolute Gasteiger partial charge is 0.325 e. The number of nitrogens with two attached hydrogens (primary N) is 1. The van der Waals surface area contributed by atoms with E-state index in [0.717, 1.165) is 4.90 Å². The van der Waals surface area contributed by atoms with Gasteiger partial charge in [0.15, 0.2) is 0 Å². The number of imide groups is 1. The van der Waals surface area contributed by atoms with E-state index in [4.69, 9.17) is 5.73 Å². The summed E-state index contributed by atoms with van der Waals surface area (Å²) in [6, 6.07) is -0.514. The zero-order chi connectivity index (χ0) is 16.3. The van der Waals surface area contributed by atoms with E-state index >= 15 is 0 Å². The summed E-state index contributed by atoms with van der Waals surface area (Å²) in [5, 5.41) is 4.57. The molecule has 1 fully saturated rings. The molecular formula is C12H21ClF2N4O3. The van der Waals surface area contributed by atoms with Crippen LogP contribution in [-0.4, -0.2) is 53.8 Å². The van der Waals surface area contributed by atoms with Gasteiger partial charge in [-0.25, -0.2) is 13.6 Å². The first kappa shape index (κ1) is 20.5. The zero-order valence-electron chi connectivity index (χ0n) is 12.4. The summed E-state index contributed by atoms with van der Waals surface area (Å²) in [6.07, 6.45) is 0.146. The van der Waals surface area contributed by atoms with Gasteiger partial charge in [0.05, 0.1) is 13.1 Å². The zero-order valence-corrected chi connectivity index (χ0v) is 13.3. The summed E-state index contributed by atoms with van der Waals surface area (Å²) in [5.41, 5.74) is 3.89. The van der Waals surface area contributed by atoms with E-state index in [1.165, 1.54) is 0 Å². The van der Waals surface area contributed by atoms with Crippen molar-refractivity contribution in [3.63, 3.8) is 0 Å². The van der Waals surface area contributed by atoms with Crippen molar-refractivity contribution in [2.75, 3.05) is 19.6 Å². The van der Waals surface area contributed by atoms with Crippen molar-refractivity contribution >= 4 is 30.3 Å². The molecule has 0 aromatic heterocycles. The van der Waals surface area contributed by atoms with Crippen LogP contribution < -0.4 is 16.4 Å². The SMILES string of the molecule is CC1(C)NC(=O)N(CCCC(=O)NCC(F)(F)CN)C1=O.Cl. The number of amides is 4. The van der Waals surface area contributed by atoms with E-state index in [0.29, 0.717) is 0 Å². The number of nitrogens with zero attached hydrogens (tertiary/aromatic N) is 1. The van der Waals surface area contributed by atoms with Crippen molar-refractivity contribution in [3.8, 4) is 0 Å². The fraction of sp³-hybridized carbons (Fsp3) is 0.750. The number of nitrogens with one attached hydrogen (secondary N) is 2. The minimum atomic E-state index is -3.13. The van der Waals surface area contributed by atoms with Crippen LogP contribution in [0.15, 0.2) is 0 Å². The van der Waals surface area contributed by atoms with Gasteiger partial charge < -0.3 is 16.4 Å². The third-order valence-corrected chi connectivity index (χ3v) is 3.07. The van der Waals surface area contributed by atoms with Crippen molar-refractivity contribution < 1.29 is 23.2 Å². The Labute approximate surface area is 133 Å². The summed E-state index contributed by atoms with van der Waals surface area (Å²) < 4.78 is 25.6. The number of carbonyl (C=O) groups excluding carboxylic acids is 3. The highest BCUT2D eigenvalue weighted by Gasteiger charge is 2.43. The molecule has 0 saturated carbocycles. The minimum absolute atomic E-state index is 0. The highest BCUT2D eigenvalue weighted by atomic mass is 35.5. The van der Waals surface area contributed by atoms with Crippen LogP contribution in [0.4, 0.5) is 13.6 Å². The van der Waals surface area contributed by atoms with E-state index < -0.39 is 36.5 Å². The van der Waals surface area contributed by atoms with Crippen LogP contribution in [0.5, 0.6) is 0 Å². The van der Waals surface area contributed by atoms with E-state index in [1.807, 2.05) is 0 Å². The number of hydrogen-bond acceptors (Lipinski definition) is 4. The number of alkyl halides is 2. The van der Waals surface area contributed by atoms with Crippen LogP contribution in [0, 0.1) is 0 Å². The second-order valence-electron chi connectivity index (χ2n) is 5.45. The van der Waals surface area contributed by atoms with Gasteiger partial charge in [0.1, 0.15) is 5.54 Å². The van der Waals surface area contributed by atoms with Gasteiger partial charge in [0, 0.05) is 13.0 Å². The van der Waals surface area contributed by atoms with Crippen molar-refractivity contribution in [2.45, 2.75) is 38.2 Å². The van der Waals surface area contributed by atoms with Crippen LogP contribution in [0.3, 0.4) is 0 Å². The molecule has 22 heavy (non-hydrogen) atoms. The lowest BCUT2D eigenvalue weighted by molar-refractivity contribution is -0.130. The molecule has 7 nitrogen and oxygen atoms in total. The first-order chi connectivity index (χ1) is 9.59. The van der Waals surface area contributed by atoms with Gasteiger partial charge in [-0.2, -0.15) is 0 Å². The van der Waals surface area contributed by atoms with Gasteiger partial charge in [-0.1, -0.05) is 0 Å². The molecule has 0 aromatic carbocycles. The predicted molar refractivity (Wildman–Crippen MR) is 77.8 cm³/mol. The number of carbonyl (C=O) groups is 3. The van der Waals surface area contributed by atoms with E-state index in [1.54, 1.807) is 13.8 Å². The van der Waals surface area contributed by atoms with Crippen molar-refractivity contribution in [1.29, 1.82) is 0 Å². The molecule has 0 atom stereocenters. The van der Waals surface area contributed by atoms with Crippen LogP contribution in [-0.2, 0) is 9.59 Å². The van der Waals surface area contributed by atoms with Crippen LogP contribution in [0.2, 0.25) is 0 Å². The molecule has 4 amide bonds. The summed E-state index contributed by atoms with van der Waals surface area (Å²) in [5.74, 6) is -4.08. The second kappa shape index (κ2) is 7.68. The molecule has 0 bridgehead atoms. The fourth-order valence-corrected chi connectivity index (χ4v) is 1.81. The summed E-state index contributed by atoms with van der Waals surface area (Å²) in [7, 11) is 0. The lowest BCUT2D eigenvalue weighted by atomic mass is 10.1. The Balaban J connectivity index is 0.00000441. The molecule has 128 valence electrons. The second-order valence-corrected chi connectivity index (χ2v) is 5.45. The average molecular weight is 343 g/mol. The van der Waals surface area contributed by atoms with Gasteiger partial charge in [-0.3, -0.25) is 14.5 Å². The average Bonchev–Trinajstić information content (AvgIpc) is 2.58.